The topological polar surface area (TPSA) is 46.5 Å². The minimum Gasteiger partial charge on any atom is -0.497 e. The zero-order valence-corrected chi connectivity index (χ0v) is 11.3. The summed E-state index contributed by atoms with van der Waals surface area (Å²) in [6.07, 6.45) is 0. The van der Waals surface area contributed by atoms with Gasteiger partial charge in [0.05, 0.1) is 12.7 Å². The summed E-state index contributed by atoms with van der Waals surface area (Å²) >= 11 is 3.40. The lowest BCUT2D eigenvalue weighted by molar-refractivity contribution is 0.0697. The van der Waals surface area contributed by atoms with Crippen LogP contribution in [-0.2, 0) is 0 Å². The molecule has 0 heterocycles. The first-order valence-electron chi connectivity index (χ1n) is 5.28. The van der Waals surface area contributed by atoms with E-state index >= 15 is 0 Å². The average molecular weight is 307 g/mol. The molecule has 18 heavy (non-hydrogen) atoms. The molecular formula is C14H11BrO3. The van der Waals surface area contributed by atoms with Crippen LogP contribution in [0.25, 0.3) is 11.1 Å². The molecule has 0 aliphatic rings. The van der Waals surface area contributed by atoms with Crippen molar-refractivity contribution in [3.05, 3.63) is 52.5 Å². The first-order chi connectivity index (χ1) is 8.60. The van der Waals surface area contributed by atoms with Crippen LogP contribution < -0.4 is 4.74 Å². The molecule has 0 atom stereocenters. The first-order valence-corrected chi connectivity index (χ1v) is 6.08. The largest absolute Gasteiger partial charge is 0.497 e. The summed E-state index contributed by atoms with van der Waals surface area (Å²) in [6.45, 7) is 0. The van der Waals surface area contributed by atoms with Crippen molar-refractivity contribution in [1.29, 1.82) is 0 Å². The van der Waals surface area contributed by atoms with Crippen LogP contribution in [0.15, 0.2) is 46.9 Å². The molecule has 0 saturated carbocycles. The standard InChI is InChI=1S/C14H11BrO3/c1-18-13-7-11(6-12(15)8-13)9-3-2-4-10(5-9)14(16)17/h2-8H,1H3,(H,16,17). The molecule has 1 N–H and O–H groups in total. The number of carbonyl (C=O) groups is 1. The molecule has 0 radical (unpaired) electrons. The number of benzene rings is 2. The highest BCUT2D eigenvalue weighted by atomic mass is 79.9. The maximum absolute atomic E-state index is 10.9. The SMILES string of the molecule is COc1cc(Br)cc(-c2cccc(C(=O)O)c2)c1. The Balaban J connectivity index is 2.51. The number of rotatable bonds is 3. The van der Waals surface area contributed by atoms with Crippen molar-refractivity contribution >= 4 is 21.9 Å². The molecular weight excluding hydrogens is 296 g/mol. The summed E-state index contributed by atoms with van der Waals surface area (Å²) in [7, 11) is 1.60. The van der Waals surface area contributed by atoms with Gasteiger partial charge >= 0.3 is 5.97 Å². The summed E-state index contributed by atoms with van der Waals surface area (Å²) < 4.78 is 6.08. The number of hydrogen-bond acceptors (Lipinski definition) is 2. The zero-order chi connectivity index (χ0) is 13.1. The van der Waals surface area contributed by atoms with Gasteiger partial charge in [-0.25, -0.2) is 4.79 Å². The molecule has 0 unspecified atom stereocenters. The average Bonchev–Trinajstić information content (AvgIpc) is 2.38. The second-order valence-corrected chi connectivity index (χ2v) is 4.68. The Morgan fingerprint density at radius 3 is 2.61 bits per heavy atom. The maximum atomic E-state index is 10.9. The molecule has 92 valence electrons. The van der Waals surface area contributed by atoms with Crippen molar-refractivity contribution in [1.82, 2.24) is 0 Å². The van der Waals surface area contributed by atoms with Crippen molar-refractivity contribution in [2.24, 2.45) is 0 Å². The van der Waals surface area contributed by atoms with E-state index in [4.69, 9.17) is 9.84 Å². The van der Waals surface area contributed by atoms with E-state index in [1.807, 2.05) is 24.3 Å². The molecule has 4 heteroatoms. The van der Waals surface area contributed by atoms with E-state index in [9.17, 15) is 4.79 Å². The second-order valence-electron chi connectivity index (χ2n) is 3.77. The third kappa shape index (κ3) is 2.71. The summed E-state index contributed by atoms with van der Waals surface area (Å²) in [5.74, 6) is -0.209. The molecule has 0 saturated heterocycles. The van der Waals surface area contributed by atoms with Crippen LogP contribution in [0.5, 0.6) is 5.75 Å². The summed E-state index contributed by atoms with van der Waals surface area (Å²) in [5.41, 5.74) is 2.02. The Morgan fingerprint density at radius 1 is 1.17 bits per heavy atom. The van der Waals surface area contributed by atoms with Crippen LogP contribution in [0.4, 0.5) is 0 Å². The predicted molar refractivity (Wildman–Crippen MR) is 73.1 cm³/mol. The van der Waals surface area contributed by atoms with Crippen LogP contribution in [0, 0.1) is 0 Å². The zero-order valence-electron chi connectivity index (χ0n) is 9.68. The number of carboxylic acids is 1. The molecule has 0 bridgehead atoms. The predicted octanol–water partition coefficient (Wildman–Crippen LogP) is 3.82. The van der Waals surface area contributed by atoms with Crippen LogP contribution in [0.2, 0.25) is 0 Å². The molecule has 2 aromatic carbocycles. The van der Waals surface area contributed by atoms with Gasteiger partial charge in [-0.2, -0.15) is 0 Å². The van der Waals surface area contributed by atoms with E-state index in [2.05, 4.69) is 15.9 Å². The van der Waals surface area contributed by atoms with E-state index < -0.39 is 5.97 Å². The summed E-state index contributed by atoms with van der Waals surface area (Å²) in [6, 6.07) is 12.4. The van der Waals surface area contributed by atoms with Gasteiger partial charge in [0.2, 0.25) is 0 Å². The number of carboxylic acid groups (broad SMARTS) is 1. The van der Waals surface area contributed by atoms with Gasteiger partial charge in [-0.3, -0.25) is 0 Å². The Bertz CT molecular complexity index is 593. The maximum Gasteiger partial charge on any atom is 0.335 e. The van der Waals surface area contributed by atoms with Gasteiger partial charge in [-0.1, -0.05) is 28.1 Å². The molecule has 0 spiro atoms. The van der Waals surface area contributed by atoms with Crippen LogP contribution in [0.3, 0.4) is 0 Å². The molecule has 0 aliphatic carbocycles. The Kier molecular flexibility index (Phi) is 3.67. The molecule has 2 rings (SSSR count). The number of aromatic carboxylic acids is 1. The highest BCUT2D eigenvalue weighted by molar-refractivity contribution is 9.10. The normalized spacial score (nSPS) is 10.1. The fraction of sp³-hybridized carbons (Fsp3) is 0.0714. The van der Waals surface area contributed by atoms with Crippen molar-refractivity contribution in [3.8, 4) is 16.9 Å². The van der Waals surface area contributed by atoms with E-state index in [1.165, 1.54) is 0 Å². The van der Waals surface area contributed by atoms with Gasteiger partial charge in [0.15, 0.2) is 0 Å². The fourth-order valence-electron chi connectivity index (χ4n) is 1.68. The van der Waals surface area contributed by atoms with Gasteiger partial charge in [-0.15, -0.1) is 0 Å². The van der Waals surface area contributed by atoms with Crippen LogP contribution in [0.1, 0.15) is 10.4 Å². The second kappa shape index (κ2) is 5.23. The third-order valence-electron chi connectivity index (χ3n) is 2.55. The number of hydrogen-bond donors (Lipinski definition) is 1. The molecule has 2 aromatic rings. The lowest BCUT2D eigenvalue weighted by Crippen LogP contribution is -1.95. The quantitative estimate of drug-likeness (QED) is 0.937. The lowest BCUT2D eigenvalue weighted by atomic mass is 10.0. The van der Waals surface area contributed by atoms with Crippen molar-refractivity contribution < 1.29 is 14.6 Å². The Hall–Kier alpha value is -1.81. The van der Waals surface area contributed by atoms with Gasteiger partial charge < -0.3 is 9.84 Å². The summed E-state index contributed by atoms with van der Waals surface area (Å²) in [4.78, 5) is 10.9. The first kappa shape index (κ1) is 12.6. The molecule has 3 nitrogen and oxygen atoms in total. The highest BCUT2D eigenvalue weighted by Gasteiger charge is 2.06. The van der Waals surface area contributed by atoms with Crippen molar-refractivity contribution in [3.63, 3.8) is 0 Å². The van der Waals surface area contributed by atoms with Crippen molar-refractivity contribution in [2.75, 3.05) is 7.11 Å². The minimum absolute atomic E-state index is 0.270. The van der Waals surface area contributed by atoms with E-state index in [1.54, 1.807) is 25.3 Å². The van der Waals surface area contributed by atoms with Crippen LogP contribution >= 0.6 is 15.9 Å². The van der Waals surface area contributed by atoms with E-state index in [0.29, 0.717) is 0 Å². The van der Waals surface area contributed by atoms with Crippen molar-refractivity contribution in [2.45, 2.75) is 0 Å². The van der Waals surface area contributed by atoms with Gasteiger partial charge in [0.1, 0.15) is 5.75 Å². The van der Waals surface area contributed by atoms with E-state index in [0.717, 1.165) is 21.3 Å². The van der Waals surface area contributed by atoms with E-state index in [-0.39, 0.29) is 5.56 Å². The summed E-state index contributed by atoms with van der Waals surface area (Å²) in [5, 5.41) is 8.98. The van der Waals surface area contributed by atoms with Gasteiger partial charge in [0, 0.05) is 4.47 Å². The molecule has 0 aromatic heterocycles. The number of ether oxygens (including phenoxy) is 1. The number of methoxy groups -OCH3 is 1. The lowest BCUT2D eigenvalue weighted by Gasteiger charge is -2.07. The third-order valence-corrected chi connectivity index (χ3v) is 3.01. The van der Waals surface area contributed by atoms with Crippen LogP contribution in [-0.4, -0.2) is 18.2 Å². The van der Waals surface area contributed by atoms with Gasteiger partial charge in [0.25, 0.3) is 0 Å². The molecule has 0 amide bonds. The van der Waals surface area contributed by atoms with Gasteiger partial charge in [-0.05, 0) is 41.5 Å². The highest BCUT2D eigenvalue weighted by Crippen LogP contribution is 2.29. The molecule has 0 aliphatic heterocycles. The smallest absolute Gasteiger partial charge is 0.335 e. The monoisotopic (exact) mass is 306 g/mol. The number of halogens is 1. The fourth-order valence-corrected chi connectivity index (χ4v) is 2.15. The Labute approximate surface area is 113 Å². The molecule has 0 fully saturated rings. The Morgan fingerprint density at radius 2 is 1.94 bits per heavy atom. The minimum atomic E-state index is -0.932.